The monoisotopic (exact) mass is 318 g/mol. The summed E-state index contributed by atoms with van der Waals surface area (Å²) < 4.78 is 0.968. The summed E-state index contributed by atoms with van der Waals surface area (Å²) in [5.41, 5.74) is 0.276. The van der Waals surface area contributed by atoms with E-state index in [0.717, 1.165) is 10.9 Å². The van der Waals surface area contributed by atoms with Gasteiger partial charge in [-0.15, -0.1) is 0 Å². The van der Waals surface area contributed by atoms with E-state index < -0.39 is 0 Å². The molecular formula is C19H41ClN+. The van der Waals surface area contributed by atoms with Gasteiger partial charge in [-0.1, -0.05) is 89.7 Å². The van der Waals surface area contributed by atoms with Crippen molar-refractivity contribution in [2.75, 3.05) is 20.6 Å². The van der Waals surface area contributed by atoms with Gasteiger partial charge < -0.3 is 4.48 Å². The molecule has 1 unspecified atom stereocenters. The SMILES string of the molecule is CCCCCCCCCCCCCC[N+](C)(C)C(Cl)CC. The Hall–Kier alpha value is 0.250. The summed E-state index contributed by atoms with van der Waals surface area (Å²) >= 11 is 6.37. The average Bonchev–Trinajstić information content (AvgIpc) is 2.47. The summed E-state index contributed by atoms with van der Waals surface area (Å²) in [7, 11) is 4.53. The third kappa shape index (κ3) is 12.5. The molecule has 0 amide bonds. The van der Waals surface area contributed by atoms with Crippen molar-refractivity contribution in [2.45, 2.75) is 103 Å². The van der Waals surface area contributed by atoms with E-state index in [4.69, 9.17) is 11.6 Å². The van der Waals surface area contributed by atoms with Gasteiger partial charge in [0.2, 0.25) is 0 Å². The molecule has 0 aliphatic heterocycles. The highest BCUT2D eigenvalue weighted by Gasteiger charge is 2.23. The van der Waals surface area contributed by atoms with Crippen LogP contribution in [0.15, 0.2) is 0 Å². The van der Waals surface area contributed by atoms with Crippen molar-refractivity contribution in [3.63, 3.8) is 0 Å². The van der Waals surface area contributed by atoms with Crippen LogP contribution in [0.1, 0.15) is 97.3 Å². The van der Waals surface area contributed by atoms with Crippen LogP contribution in [0.25, 0.3) is 0 Å². The Labute approximate surface area is 140 Å². The van der Waals surface area contributed by atoms with Crippen LogP contribution in [0.5, 0.6) is 0 Å². The normalized spacial score (nSPS) is 13.6. The topological polar surface area (TPSA) is 0 Å². The fourth-order valence-electron chi connectivity index (χ4n) is 2.99. The standard InChI is InChI=1S/C19H41ClN/c1-5-7-8-9-10-11-12-13-14-15-16-17-18-21(3,4)19(20)6-2/h19H,5-18H2,1-4H3/q+1. The molecule has 1 nitrogen and oxygen atoms in total. The van der Waals surface area contributed by atoms with Gasteiger partial charge in [-0.3, -0.25) is 0 Å². The molecule has 0 aliphatic rings. The number of unbranched alkanes of at least 4 members (excludes halogenated alkanes) is 11. The van der Waals surface area contributed by atoms with Crippen LogP contribution in [0, 0.1) is 0 Å². The second kappa shape index (κ2) is 13.9. The molecule has 0 radical (unpaired) electrons. The molecule has 128 valence electrons. The number of hydrogen-bond donors (Lipinski definition) is 0. The molecule has 0 spiro atoms. The molecular weight excluding hydrogens is 278 g/mol. The van der Waals surface area contributed by atoms with Crippen molar-refractivity contribution >= 4 is 11.6 Å². The van der Waals surface area contributed by atoms with E-state index in [9.17, 15) is 0 Å². The third-order valence-electron chi connectivity index (χ3n) is 4.68. The predicted octanol–water partition coefficient (Wildman–Crippen LogP) is 6.74. The van der Waals surface area contributed by atoms with Gasteiger partial charge in [0, 0.05) is 6.42 Å². The largest absolute Gasteiger partial charge is 0.313 e. The van der Waals surface area contributed by atoms with E-state index in [1.54, 1.807) is 0 Å². The average molecular weight is 319 g/mol. The fraction of sp³-hybridized carbons (Fsp3) is 1.00. The van der Waals surface area contributed by atoms with Crippen LogP contribution in [0.4, 0.5) is 0 Å². The first-order valence-electron chi connectivity index (χ1n) is 9.51. The highest BCUT2D eigenvalue weighted by molar-refractivity contribution is 6.19. The Morgan fingerprint density at radius 2 is 1.05 bits per heavy atom. The van der Waals surface area contributed by atoms with E-state index >= 15 is 0 Å². The van der Waals surface area contributed by atoms with Gasteiger partial charge >= 0.3 is 0 Å². The number of rotatable bonds is 15. The van der Waals surface area contributed by atoms with E-state index in [0.29, 0.717) is 0 Å². The van der Waals surface area contributed by atoms with E-state index in [1.807, 2.05) is 0 Å². The molecule has 2 heteroatoms. The van der Waals surface area contributed by atoms with Crippen molar-refractivity contribution < 1.29 is 4.48 Å². The maximum absolute atomic E-state index is 6.37. The summed E-state index contributed by atoms with van der Waals surface area (Å²) in [5.74, 6) is 0. The maximum Gasteiger partial charge on any atom is 0.164 e. The lowest BCUT2D eigenvalue weighted by Crippen LogP contribution is -2.46. The molecule has 0 fully saturated rings. The number of hydrogen-bond acceptors (Lipinski definition) is 0. The van der Waals surface area contributed by atoms with Crippen molar-refractivity contribution in [3.05, 3.63) is 0 Å². The highest BCUT2D eigenvalue weighted by Crippen LogP contribution is 2.17. The van der Waals surface area contributed by atoms with Crippen molar-refractivity contribution in [2.24, 2.45) is 0 Å². The van der Waals surface area contributed by atoms with Gasteiger partial charge in [0.1, 0.15) is 0 Å². The molecule has 1 atom stereocenters. The van der Waals surface area contributed by atoms with E-state index in [1.165, 1.54) is 83.6 Å². The molecule has 0 aliphatic carbocycles. The second-order valence-corrected chi connectivity index (χ2v) is 7.74. The summed E-state index contributed by atoms with van der Waals surface area (Å²) in [5, 5.41) is 0. The minimum absolute atomic E-state index is 0.276. The lowest BCUT2D eigenvalue weighted by Gasteiger charge is -2.34. The second-order valence-electron chi connectivity index (χ2n) is 7.23. The number of quaternary nitrogens is 1. The van der Waals surface area contributed by atoms with Gasteiger partial charge in [0.15, 0.2) is 5.50 Å². The minimum Gasteiger partial charge on any atom is -0.313 e. The Kier molecular flexibility index (Phi) is 14.0. The fourth-order valence-corrected chi connectivity index (χ4v) is 3.09. The molecule has 0 saturated heterocycles. The molecule has 0 heterocycles. The molecule has 0 aromatic rings. The van der Waals surface area contributed by atoms with Crippen molar-refractivity contribution in [1.29, 1.82) is 0 Å². The highest BCUT2D eigenvalue weighted by atomic mass is 35.5. The van der Waals surface area contributed by atoms with E-state index in [2.05, 4.69) is 27.9 Å². The summed E-state index contributed by atoms with van der Waals surface area (Å²) in [6.45, 7) is 5.69. The van der Waals surface area contributed by atoms with Crippen LogP contribution in [-0.4, -0.2) is 30.6 Å². The smallest absolute Gasteiger partial charge is 0.164 e. The first-order valence-corrected chi connectivity index (χ1v) is 9.95. The zero-order valence-corrected chi connectivity index (χ0v) is 16.1. The molecule has 0 aromatic carbocycles. The summed E-state index contributed by atoms with van der Waals surface area (Å²) in [4.78, 5) is 0. The quantitative estimate of drug-likeness (QED) is 0.136. The van der Waals surface area contributed by atoms with Gasteiger partial charge in [-0.25, -0.2) is 0 Å². The lowest BCUT2D eigenvalue weighted by molar-refractivity contribution is -0.902. The molecule has 0 N–H and O–H groups in total. The summed E-state index contributed by atoms with van der Waals surface area (Å²) in [6.07, 6.45) is 18.1. The molecule has 0 bridgehead atoms. The Morgan fingerprint density at radius 3 is 1.43 bits per heavy atom. The number of alkyl halides is 1. The predicted molar refractivity (Wildman–Crippen MR) is 98.0 cm³/mol. The number of halogens is 1. The number of nitrogens with zero attached hydrogens (tertiary/aromatic N) is 1. The molecule has 0 aromatic heterocycles. The van der Waals surface area contributed by atoms with Crippen LogP contribution in [0.3, 0.4) is 0 Å². The first-order chi connectivity index (χ1) is 10.0. The van der Waals surface area contributed by atoms with Crippen molar-refractivity contribution in [3.8, 4) is 0 Å². The van der Waals surface area contributed by atoms with Gasteiger partial charge in [0.05, 0.1) is 20.6 Å². The molecule has 0 saturated carbocycles. The van der Waals surface area contributed by atoms with Crippen LogP contribution in [0.2, 0.25) is 0 Å². The molecule has 0 rings (SSSR count). The Balaban J connectivity index is 3.26. The third-order valence-corrected chi connectivity index (χ3v) is 5.52. The Bertz CT molecular complexity index is 216. The maximum atomic E-state index is 6.37. The zero-order chi connectivity index (χ0) is 16.0. The lowest BCUT2D eigenvalue weighted by atomic mass is 10.1. The summed E-state index contributed by atoms with van der Waals surface area (Å²) in [6, 6.07) is 0. The van der Waals surface area contributed by atoms with Crippen molar-refractivity contribution in [1.82, 2.24) is 0 Å². The van der Waals surface area contributed by atoms with Gasteiger partial charge in [-0.2, -0.15) is 0 Å². The van der Waals surface area contributed by atoms with Crippen LogP contribution < -0.4 is 0 Å². The molecule has 21 heavy (non-hydrogen) atoms. The minimum atomic E-state index is 0.276. The van der Waals surface area contributed by atoms with Gasteiger partial charge in [0.25, 0.3) is 0 Å². The first kappa shape index (κ1) is 21.2. The van der Waals surface area contributed by atoms with Crippen LogP contribution >= 0.6 is 11.6 Å². The van der Waals surface area contributed by atoms with Crippen LogP contribution in [-0.2, 0) is 0 Å². The van der Waals surface area contributed by atoms with E-state index in [-0.39, 0.29) is 5.50 Å². The Morgan fingerprint density at radius 1 is 0.667 bits per heavy atom. The van der Waals surface area contributed by atoms with Gasteiger partial charge in [-0.05, 0) is 12.8 Å². The zero-order valence-electron chi connectivity index (χ0n) is 15.3.